The molecule has 1 aliphatic rings. The molecule has 136 valence electrons. The second-order valence-corrected chi connectivity index (χ2v) is 6.35. The number of hydrogen-bond acceptors (Lipinski definition) is 4. The van der Waals surface area contributed by atoms with E-state index in [2.05, 4.69) is 10.2 Å². The van der Waals surface area contributed by atoms with Crippen LogP contribution in [0.5, 0.6) is 0 Å². The van der Waals surface area contributed by atoms with Crippen LogP contribution < -0.4 is 10.2 Å². The third-order valence-electron chi connectivity index (χ3n) is 4.37. The highest BCUT2D eigenvalue weighted by molar-refractivity contribution is 6.01. The summed E-state index contributed by atoms with van der Waals surface area (Å²) in [5, 5.41) is 12.2. The van der Waals surface area contributed by atoms with Gasteiger partial charge in [-0.3, -0.25) is 4.79 Å². The van der Waals surface area contributed by atoms with Crippen molar-refractivity contribution in [3.05, 3.63) is 59.2 Å². The van der Waals surface area contributed by atoms with Crippen LogP contribution in [0.2, 0.25) is 0 Å². The summed E-state index contributed by atoms with van der Waals surface area (Å²) in [4.78, 5) is 26.0. The van der Waals surface area contributed by atoms with Crippen LogP contribution in [0, 0.1) is 6.92 Å². The average Bonchev–Trinajstić information content (AvgIpc) is 2.64. The van der Waals surface area contributed by atoms with Gasteiger partial charge in [0.25, 0.3) is 0 Å². The fourth-order valence-electron chi connectivity index (χ4n) is 2.92. The number of ether oxygens (including phenoxy) is 1. The molecule has 0 radical (unpaired) electrons. The Morgan fingerprint density at radius 1 is 1.12 bits per heavy atom. The number of nitrogens with zero attached hydrogens (tertiary/aromatic N) is 1. The van der Waals surface area contributed by atoms with Gasteiger partial charge in [-0.05, 0) is 30.7 Å². The van der Waals surface area contributed by atoms with Crippen molar-refractivity contribution >= 4 is 23.3 Å². The molecular weight excluding hydrogens is 332 g/mol. The number of rotatable bonds is 5. The Morgan fingerprint density at radius 3 is 2.46 bits per heavy atom. The highest BCUT2D eigenvalue weighted by atomic mass is 16.5. The highest BCUT2D eigenvalue weighted by Gasteiger charge is 2.17. The van der Waals surface area contributed by atoms with Crippen molar-refractivity contribution in [3.8, 4) is 0 Å². The number of carbonyl (C=O) groups excluding carboxylic acids is 1. The van der Waals surface area contributed by atoms with Gasteiger partial charge in [0.1, 0.15) is 0 Å². The third-order valence-corrected chi connectivity index (χ3v) is 4.37. The first kappa shape index (κ1) is 17.9. The van der Waals surface area contributed by atoms with Gasteiger partial charge in [0, 0.05) is 18.8 Å². The minimum Gasteiger partial charge on any atom is -0.478 e. The predicted molar refractivity (Wildman–Crippen MR) is 99.9 cm³/mol. The van der Waals surface area contributed by atoms with Gasteiger partial charge >= 0.3 is 5.97 Å². The van der Waals surface area contributed by atoms with Crippen LogP contribution in [0.15, 0.2) is 42.5 Å². The second-order valence-electron chi connectivity index (χ2n) is 6.35. The summed E-state index contributed by atoms with van der Waals surface area (Å²) in [5.74, 6) is -1.30. The third kappa shape index (κ3) is 4.40. The SMILES string of the molecule is Cc1ccc(CC(=O)Nc2ccc(N3CCOCC3)cc2C(=O)O)cc1. The Bertz CT molecular complexity index is 796. The van der Waals surface area contributed by atoms with Gasteiger partial charge in [0.15, 0.2) is 0 Å². The van der Waals surface area contributed by atoms with E-state index in [9.17, 15) is 14.7 Å². The van der Waals surface area contributed by atoms with Gasteiger partial charge in [0.2, 0.25) is 5.91 Å². The number of carboxylic acid groups (broad SMARTS) is 1. The number of hydrogen-bond donors (Lipinski definition) is 2. The van der Waals surface area contributed by atoms with Crippen LogP contribution in [0.4, 0.5) is 11.4 Å². The van der Waals surface area contributed by atoms with Crippen LogP contribution in [0.3, 0.4) is 0 Å². The second kappa shape index (κ2) is 8.01. The van der Waals surface area contributed by atoms with Crippen molar-refractivity contribution in [2.45, 2.75) is 13.3 Å². The number of nitrogens with one attached hydrogen (secondary N) is 1. The molecule has 0 saturated carbocycles. The molecule has 2 N–H and O–H groups in total. The molecule has 1 amide bonds. The summed E-state index contributed by atoms with van der Waals surface area (Å²) in [7, 11) is 0. The maximum absolute atomic E-state index is 12.3. The van der Waals surface area contributed by atoms with Gasteiger partial charge in [-0.15, -0.1) is 0 Å². The summed E-state index contributed by atoms with van der Waals surface area (Å²) in [6.07, 6.45) is 0.199. The first-order valence-electron chi connectivity index (χ1n) is 8.58. The maximum Gasteiger partial charge on any atom is 0.337 e. The van der Waals surface area contributed by atoms with Crippen LogP contribution in [-0.2, 0) is 16.0 Å². The van der Waals surface area contributed by atoms with E-state index in [0.29, 0.717) is 18.9 Å². The number of carboxylic acids is 1. The van der Waals surface area contributed by atoms with Crippen molar-refractivity contribution in [2.75, 3.05) is 36.5 Å². The van der Waals surface area contributed by atoms with E-state index in [-0.39, 0.29) is 17.9 Å². The van der Waals surface area contributed by atoms with E-state index in [0.717, 1.165) is 29.9 Å². The Balaban J connectivity index is 1.74. The van der Waals surface area contributed by atoms with E-state index >= 15 is 0 Å². The lowest BCUT2D eigenvalue weighted by atomic mass is 10.1. The normalized spacial score (nSPS) is 14.1. The number of carbonyl (C=O) groups is 2. The van der Waals surface area contributed by atoms with Crippen molar-refractivity contribution in [1.82, 2.24) is 0 Å². The quantitative estimate of drug-likeness (QED) is 0.863. The summed E-state index contributed by atoms with van der Waals surface area (Å²) >= 11 is 0. The van der Waals surface area contributed by atoms with E-state index in [1.807, 2.05) is 37.3 Å². The number of morpholine rings is 1. The molecule has 0 aliphatic carbocycles. The van der Waals surface area contributed by atoms with Crippen LogP contribution in [0.1, 0.15) is 21.5 Å². The predicted octanol–water partition coefficient (Wildman–Crippen LogP) is 2.71. The standard InChI is InChI=1S/C20H22N2O4/c1-14-2-4-15(5-3-14)12-19(23)21-18-7-6-16(13-17(18)20(24)25)22-8-10-26-11-9-22/h2-7,13H,8-12H2,1H3,(H,21,23)(H,24,25). The maximum atomic E-state index is 12.3. The van der Waals surface area contributed by atoms with Crippen molar-refractivity contribution in [3.63, 3.8) is 0 Å². The smallest absolute Gasteiger partial charge is 0.337 e. The van der Waals surface area contributed by atoms with Crippen LogP contribution >= 0.6 is 0 Å². The van der Waals surface area contributed by atoms with Gasteiger partial charge in [-0.25, -0.2) is 4.79 Å². The van der Waals surface area contributed by atoms with Gasteiger partial charge in [0.05, 0.1) is 30.9 Å². The van der Waals surface area contributed by atoms with Crippen LogP contribution in [0.25, 0.3) is 0 Å². The molecule has 1 aliphatic heterocycles. The van der Waals surface area contributed by atoms with Crippen molar-refractivity contribution in [1.29, 1.82) is 0 Å². The first-order valence-corrected chi connectivity index (χ1v) is 8.58. The van der Waals surface area contributed by atoms with E-state index in [1.165, 1.54) is 0 Å². The first-order chi connectivity index (χ1) is 12.5. The fraction of sp³-hybridized carbons (Fsp3) is 0.300. The molecule has 1 fully saturated rings. The fourth-order valence-corrected chi connectivity index (χ4v) is 2.92. The molecule has 26 heavy (non-hydrogen) atoms. The Labute approximate surface area is 152 Å². The molecule has 6 nitrogen and oxygen atoms in total. The molecule has 0 spiro atoms. The number of benzene rings is 2. The highest BCUT2D eigenvalue weighted by Crippen LogP contribution is 2.24. The minimum atomic E-state index is -1.06. The summed E-state index contributed by atoms with van der Waals surface area (Å²) in [6, 6.07) is 12.8. The molecule has 0 unspecified atom stereocenters. The number of anilines is 2. The Kier molecular flexibility index (Phi) is 5.53. The Morgan fingerprint density at radius 2 is 1.81 bits per heavy atom. The van der Waals surface area contributed by atoms with E-state index in [1.54, 1.807) is 12.1 Å². The van der Waals surface area contributed by atoms with Gasteiger partial charge in [-0.2, -0.15) is 0 Å². The van der Waals surface area contributed by atoms with Gasteiger partial charge < -0.3 is 20.1 Å². The zero-order valence-electron chi connectivity index (χ0n) is 14.7. The van der Waals surface area contributed by atoms with Crippen molar-refractivity contribution in [2.24, 2.45) is 0 Å². The summed E-state index contributed by atoms with van der Waals surface area (Å²) in [6.45, 7) is 4.67. The topological polar surface area (TPSA) is 78.9 Å². The average molecular weight is 354 g/mol. The lowest BCUT2D eigenvalue weighted by Crippen LogP contribution is -2.36. The molecule has 2 aromatic rings. The minimum absolute atomic E-state index is 0.0891. The Hall–Kier alpha value is -2.86. The largest absolute Gasteiger partial charge is 0.478 e. The molecule has 1 heterocycles. The molecule has 2 aromatic carbocycles. The molecule has 0 bridgehead atoms. The monoisotopic (exact) mass is 354 g/mol. The molecule has 0 aromatic heterocycles. The van der Waals surface area contributed by atoms with Gasteiger partial charge in [-0.1, -0.05) is 29.8 Å². The zero-order chi connectivity index (χ0) is 18.5. The number of aryl methyl sites for hydroxylation is 1. The lowest BCUT2D eigenvalue weighted by Gasteiger charge is -2.29. The number of aromatic carboxylic acids is 1. The van der Waals surface area contributed by atoms with E-state index < -0.39 is 5.97 Å². The lowest BCUT2D eigenvalue weighted by molar-refractivity contribution is -0.115. The molecule has 3 rings (SSSR count). The molecule has 1 saturated heterocycles. The van der Waals surface area contributed by atoms with Crippen molar-refractivity contribution < 1.29 is 19.4 Å². The zero-order valence-corrected chi connectivity index (χ0v) is 14.7. The van der Waals surface area contributed by atoms with Crippen LogP contribution in [-0.4, -0.2) is 43.3 Å². The summed E-state index contributed by atoms with van der Waals surface area (Å²) < 4.78 is 5.32. The number of amides is 1. The van der Waals surface area contributed by atoms with E-state index in [4.69, 9.17) is 4.74 Å². The summed E-state index contributed by atoms with van der Waals surface area (Å²) in [5.41, 5.74) is 3.23. The molecule has 6 heteroatoms. The molecule has 0 atom stereocenters. The molecular formula is C20H22N2O4.